The minimum absolute atomic E-state index is 0.133. The molecule has 0 aliphatic rings. The van der Waals surface area contributed by atoms with Gasteiger partial charge in [0.15, 0.2) is 11.6 Å². The number of rotatable bonds is 3. The zero-order chi connectivity index (χ0) is 12.4. The molecule has 4 nitrogen and oxygen atoms in total. The van der Waals surface area contributed by atoms with E-state index in [1.165, 1.54) is 6.07 Å². The molecule has 0 radical (unpaired) electrons. The van der Waals surface area contributed by atoms with E-state index < -0.39 is 5.82 Å². The molecule has 1 heterocycles. The van der Waals surface area contributed by atoms with Crippen LogP contribution >= 0.6 is 0 Å². The molecule has 0 aliphatic carbocycles. The van der Waals surface area contributed by atoms with E-state index in [0.29, 0.717) is 11.4 Å². The summed E-state index contributed by atoms with van der Waals surface area (Å²) in [5.74, 6) is 0.0175. The van der Waals surface area contributed by atoms with Gasteiger partial charge in [0.25, 0.3) is 0 Å². The Balaban J connectivity index is 2.37. The monoisotopic (exact) mass is 235 g/mol. The number of halogens is 1. The van der Waals surface area contributed by atoms with Gasteiger partial charge in [-0.3, -0.25) is 5.10 Å². The number of ether oxygens (including phenoxy) is 1. The summed E-state index contributed by atoms with van der Waals surface area (Å²) < 4.78 is 19.1. The lowest BCUT2D eigenvalue weighted by molar-refractivity contribution is 0.418. The maximum Gasteiger partial charge on any atom is 0.238 e. The van der Waals surface area contributed by atoms with Crippen molar-refractivity contribution in [3.05, 3.63) is 41.3 Å². The summed E-state index contributed by atoms with van der Waals surface area (Å²) >= 11 is 0. The molecule has 1 aromatic heterocycles. The number of aromatic amines is 1. The molecule has 2 rings (SSSR count). The Morgan fingerprint density at radius 2 is 2.24 bits per heavy atom. The first-order valence-corrected chi connectivity index (χ1v) is 5.32. The van der Waals surface area contributed by atoms with Crippen LogP contribution in [0.2, 0.25) is 0 Å². The molecule has 0 bridgehead atoms. The van der Waals surface area contributed by atoms with Gasteiger partial charge in [0, 0.05) is 23.4 Å². The van der Waals surface area contributed by atoms with Crippen molar-refractivity contribution in [1.82, 2.24) is 10.2 Å². The number of benzene rings is 1. The molecule has 90 valence electrons. The van der Waals surface area contributed by atoms with Gasteiger partial charge >= 0.3 is 0 Å². The molecule has 1 aromatic carbocycles. The van der Waals surface area contributed by atoms with E-state index in [0.717, 1.165) is 5.69 Å². The molecule has 0 amide bonds. The summed E-state index contributed by atoms with van der Waals surface area (Å²) in [5.41, 5.74) is 7.23. The predicted molar refractivity (Wildman–Crippen MR) is 62.4 cm³/mol. The molecule has 0 fully saturated rings. The summed E-state index contributed by atoms with van der Waals surface area (Å²) in [7, 11) is 0. The number of nitrogens with two attached hydrogens (primary N) is 1. The fourth-order valence-corrected chi connectivity index (χ4v) is 1.54. The van der Waals surface area contributed by atoms with Crippen molar-refractivity contribution in [2.75, 3.05) is 0 Å². The fourth-order valence-electron chi connectivity index (χ4n) is 1.54. The van der Waals surface area contributed by atoms with Crippen LogP contribution in [-0.2, 0) is 0 Å². The van der Waals surface area contributed by atoms with Crippen LogP contribution in [0.4, 0.5) is 4.39 Å². The van der Waals surface area contributed by atoms with Crippen LogP contribution in [-0.4, -0.2) is 10.2 Å². The van der Waals surface area contributed by atoms with Gasteiger partial charge in [-0.05, 0) is 19.9 Å². The predicted octanol–water partition coefficient (Wildman–Crippen LogP) is 2.67. The molecule has 0 saturated carbocycles. The Morgan fingerprint density at radius 1 is 1.47 bits per heavy atom. The standard InChI is InChI=1S/C12H14FN3O/c1-7-6-11(16-15-7)17-12-9(8(2)14)4-3-5-10(12)13/h3-6,8H,14H2,1-2H3,(H,15,16). The third-order valence-electron chi connectivity index (χ3n) is 2.38. The summed E-state index contributed by atoms with van der Waals surface area (Å²) in [6, 6.07) is 6.07. The highest BCUT2D eigenvalue weighted by Crippen LogP contribution is 2.30. The van der Waals surface area contributed by atoms with Gasteiger partial charge in [0.1, 0.15) is 0 Å². The number of aromatic nitrogens is 2. The number of nitrogens with one attached hydrogen (secondary N) is 1. The lowest BCUT2D eigenvalue weighted by Gasteiger charge is -2.12. The van der Waals surface area contributed by atoms with E-state index in [1.807, 2.05) is 6.92 Å². The summed E-state index contributed by atoms with van der Waals surface area (Å²) in [5, 5.41) is 6.63. The molecule has 0 aliphatic heterocycles. The van der Waals surface area contributed by atoms with E-state index in [2.05, 4.69) is 10.2 Å². The van der Waals surface area contributed by atoms with Crippen molar-refractivity contribution in [3.63, 3.8) is 0 Å². The molecule has 1 atom stereocenters. The SMILES string of the molecule is Cc1cc(Oc2c(F)cccc2C(C)N)n[nH]1. The number of aryl methyl sites for hydroxylation is 1. The quantitative estimate of drug-likeness (QED) is 0.859. The third kappa shape index (κ3) is 2.45. The largest absolute Gasteiger partial charge is 0.434 e. The maximum absolute atomic E-state index is 13.7. The zero-order valence-corrected chi connectivity index (χ0v) is 9.70. The Kier molecular flexibility index (Phi) is 3.10. The molecule has 17 heavy (non-hydrogen) atoms. The number of hydrogen-bond acceptors (Lipinski definition) is 3. The molecular formula is C12H14FN3O. The van der Waals surface area contributed by atoms with Gasteiger partial charge in [0.05, 0.1) is 0 Å². The second-order valence-corrected chi connectivity index (χ2v) is 3.94. The number of H-pyrrole nitrogens is 1. The van der Waals surface area contributed by atoms with Crippen molar-refractivity contribution in [1.29, 1.82) is 0 Å². The second kappa shape index (κ2) is 4.55. The molecule has 3 N–H and O–H groups in total. The number of para-hydroxylation sites is 1. The maximum atomic E-state index is 13.7. The van der Waals surface area contributed by atoms with E-state index in [4.69, 9.17) is 10.5 Å². The summed E-state index contributed by atoms with van der Waals surface area (Å²) in [6.07, 6.45) is 0. The molecule has 2 aromatic rings. The van der Waals surface area contributed by atoms with Gasteiger partial charge in [-0.1, -0.05) is 12.1 Å². The Hall–Kier alpha value is -1.88. The van der Waals surface area contributed by atoms with Gasteiger partial charge in [-0.25, -0.2) is 4.39 Å². The first kappa shape index (κ1) is 11.6. The molecule has 0 spiro atoms. The Morgan fingerprint density at radius 3 is 2.82 bits per heavy atom. The van der Waals surface area contributed by atoms with Crippen molar-refractivity contribution < 1.29 is 9.13 Å². The fraction of sp³-hybridized carbons (Fsp3) is 0.250. The van der Waals surface area contributed by atoms with Gasteiger partial charge < -0.3 is 10.5 Å². The molecular weight excluding hydrogens is 221 g/mol. The summed E-state index contributed by atoms with van der Waals surface area (Å²) in [6.45, 7) is 3.62. The molecule has 0 saturated heterocycles. The van der Waals surface area contributed by atoms with Crippen LogP contribution in [0, 0.1) is 12.7 Å². The lowest BCUT2D eigenvalue weighted by atomic mass is 10.1. The van der Waals surface area contributed by atoms with Crippen LogP contribution in [0.1, 0.15) is 24.2 Å². The topological polar surface area (TPSA) is 63.9 Å². The minimum atomic E-state index is -0.444. The van der Waals surface area contributed by atoms with E-state index >= 15 is 0 Å². The van der Waals surface area contributed by atoms with Gasteiger partial charge in [-0.15, -0.1) is 5.10 Å². The van der Waals surface area contributed by atoms with Gasteiger partial charge in [-0.2, -0.15) is 0 Å². The van der Waals surface area contributed by atoms with Crippen molar-refractivity contribution in [2.45, 2.75) is 19.9 Å². The van der Waals surface area contributed by atoms with Crippen LogP contribution in [0.25, 0.3) is 0 Å². The minimum Gasteiger partial charge on any atom is -0.434 e. The van der Waals surface area contributed by atoms with Crippen LogP contribution in [0.15, 0.2) is 24.3 Å². The zero-order valence-electron chi connectivity index (χ0n) is 9.70. The number of hydrogen-bond donors (Lipinski definition) is 2. The summed E-state index contributed by atoms with van der Waals surface area (Å²) in [4.78, 5) is 0. The number of nitrogens with zero attached hydrogens (tertiary/aromatic N) is 1. The van der Waals surface area contributed by atoms with Crippen molar-refractivity contribution in [3.8, 4) is 11.6 Å². The normalized spacial score (nSPS) is 12.5. The first-order valence-electron chi connectivity index (χ1n) is 5.32. The van der Waals surface area contributed by atoms with E-state index in [9.17, 15) is 4.39 Å². The Bertz CT molecular complexity index is 522. The third-order valence-corrected chi connectivity index (χ3v) is 2.38. The average molecular weight is 235 g/mol. The van der Waals surface area contributed by atoms with Crippen LogP contribution in [0.5, 0.6) is 11.6 Å². The second-order valence-electron chi connectivity index (χ2n) is 3.94. The van der Waals surface area contributed by atoms with E-state index in [-0.39, 0.29) is 11.8 Å². The smallest absolute Gasteiger partial charge is 0.238 e. The van der Waals surface area contributed by atoms with Crippen molar-refractivity contribution in [2.24, 2.45) is 5.73 Å². The highest BCUT2D eigenvalue weighted by atomic mass is 19.1. The first-order chi connectivity index (χ1) is 8.08. The van der Waals surface area contributed by atoms with Crippen LogP contribution < -0.4 is 10.5 Å². The average Bonchev–Trinajstić information content (AvgIpc) is 2.67. The van der Waals surface area contributed by atoms with E-state index in [1.54, 1.807) is 25.1 Å². The van der Waals surface area contributed by atoms with Gasteiger partial charge in [0.2, 0.25) is 5.88 Å². The highest BCUT2D eigenvalue weighted by Gasteiger charge is 2.14. The van der Waals surface area contributed by atoms with Crippen LogP contribution in [0.3, 0.4) is 0 Å². The van der Waals surface area contributed by atoms with Crippen molar-refractivity contribution >= 4 is 0 Å². The highest BCUT2D eigenvalue weighted by molar-refractivity contribution is 5.39. The molecule has 5 heteroatoms. The molecule has 1 unspecified atom stereocenters. The Labute approximate surface area is 98.6 Å². The lowest BCUT2D eigenvalue weighted by Crippen LogP contribution is -2.07.